The third kappa shape index (κ3) is 3.35. The van der Waals surface area contributed by atoms with Crippen molar-refractivity contribution in [3.05, 3.63) is 59.2 Å². The molecule has 1 aromatic carbocycles. The third-order valence-electron chi connectivity index (χ3n) is 4.85. The Morgan fingerprint density at radius 1 is 1.24 bits per heavy atom. The summed E-state index contributed by atoms with van der Waals surface area (Å²) in [5.74, 6) is -0.156. The molecule has 8 nitrogen and oxygen atoms in total. The van der Waals surface area contributed by atoms with E-state index in [1.807, 2.05) is 19.1 Å². The fourth-order valence-electron chi connectivity index (χ4n) is 3.38. The molecule has 0 amide bonds. The van der Waals surface area contributed by atoms with Crippen molar-refractivity contribution in [2.45, 2.75) is 26.3 Å². The summed E-state index contributed by atoms with van der Waals surface area (Å²) in [6.45, 7) is 7.00. The van der Waals surface area contributed by atoms with Crippen LogP contribution in [-0.2, 0) is 7.05 Å². The summed E-state index contributed by atoms with van der Waals surface area (Å²) in [5.41, 5.74) is 4.00. The van der Waals surface area contributed by atoms with Crippen molar-refractivity contribution in [2.75, 3.05) is 5.32 Å². The standard InChI is InChI=1S/C20H20FN7O/c1-11-7-15-16(23-6-5-22-15)9-14(11)25-19-24-10-17-18(26-19)28(20(29)27(17)4)13(3)8-12(2)21/h5-7,9-10,13H,2,8H2,1,3-4H3,(H,24,25,26). The van der Waals surface area contributed by atoms with Gasteiger partial charge in [-0.05, 0) is 31.5 Å². The van der Waals surface area contributed by atoms with Crippen molar-refractivity contribution in [2.24, 2.45) is 7.05 Å². The van der Waals surface area contributed by atoms with Crippen LogP contribution < -0.4 is 11.0 Å². The normalized spacial score (nSPS) is 12.4. The van der Waals surface area contributed by atoms with Gasteiger partial charge in [0.05, 0.1) is 23.1 Å². The van der Waals surface area contributed by atoms with Crippen molar-refractivity contribution in [1.29, 1.82) is 0 Å². The highest BCUT2D eigenvalue weighted by atomic mass is 19.1. The second-order valence-corrected chi connectivity index (χ2v) is 7.02. The number of allylic oxidation sites excluding steroid dienone is 1. The molecule has 0 aliphatic carbocycles. The van der Waals surface area contributed by atoms with Crippen LogP contribution in [0.1, 0.15) is 24.9 Å². The number of anilines is 2. The first-order chi connectivity index (χ1) is 13.8. The van der Waals surface area contributed by atoms with E-state index in [1.165, 1.54) is 9.13 Å². The lowest BCUT2D eigenvalue weighted by Gasteiger charge is -2.12. The van der Waals surface area contributed by atoms with Crippen LogP contribution in [0.25, 0.3) is 22.2 Å². The van der Waals surface area contributed by atoms with Crippen LogP contribution in [-0.4, -0.2) is 29.1 Å². The summed E-state index contributed by atoms with van der Waals surface area (Å²) < 4.78 is 16.3. The molecule has 0 fully saturated rings. The maximum absolute atomic E-state index is 13.3. The quantitative estimate of drug-likeness (QED) is 0.558. The number of halogens is 1. The van der Waals surface area contributed by atoms with Gasteiger partial charge in [-0.25, -0.2) is 14.2 Å². The molecule has 4 rings (SSSR count). The number of hydrogen-bond acceptors (Lipinski definition) is 6. The van der Waals surface area contributed by atoms with E-state index in [2.05, 4.69) is 31.8 Å². The largest absolute Gasteiger partial charge is 0.330 e. The van der Waals surface area contributed by atoms with Crippen LogP contribution >= 0.6 is 0 Å². The minimum absolute atomic E-state index is 0.0359. The second kappa shape index (κ2) is 7.08. The Morgan fingerprint density at radius 3 is 2.62 bits per heavy atom. The fourth-order valence-corrected chi connectivity index (χ4v) is 3.38. The average Bonchev–Trinajstić information content (AvgIpc) is 2.92. The van der Waals surface area contributed by atoms with Crippen LogP contribution in [0.2, 0.25) is 0 Å². The van der Waals surface area contributed by atoms with Gasteiger partial charge in [-0.2, -0.15) is 4.98 Å². The van der Waals surface area contributed by atoms with E-state index in [1.54, 1.807) is 32.6 Å². The molecule has 9 heteroatoms. The monoisotopic (exact) mass is 393 g/mol. The summed E-state index contributed by atoms with van der Waals surface area (Å²) in [6.07, 6.45) is 4.89. The minimum Gasteiger partial charge on any atom is -0.324 e. The highest BCUT2D eigenvalue weighted by Crippen LogP contribution is 2.25. The van der Waals surface area contributed by atoms with Gasteiger partial charge in [0.1, 0.15) is 5.52 Å². The zero-order valence-electron chi connectivity index (χ0n) is 16.3. The molecule has 0 saturated heterocycles. The molecule has 0 bridgehead atoms. The molecule has 0 radical (unpaired) electrons. The number of hydrogen-bond donors (Lipinski definition) is 1. The molecular weight excluding hydrogens is 373 g/mol. The highest BCUT2D eigenvalue weighted by Gasteiger charge is 2.19. The molecule has 3 aromatic heterocycles. The van der Waals surface area contributed by atoms with Gasteiger partial charge < -0.3 is 5.32 Å². The van der Waals surface area contributed by atoms with Gasteiger partial charge in [-0.15, -0.1) is 0 Å². The number of benzene rings is 1. The van der Waals surface area contributed by atoms with Crippen molar-refractivity contribution in [3.63, 3.8) is 0 Å². The van der Waals surface area contributed by atoms with Gasteiger partial charge in [0.25, 0.3) is 0 Å². The third-order valence-corrected chi connectivity index (χ3v) is 4.85. The van der Waals surface area contributed by atoms with Crippen molar-refractivity contribution < 1.29 is 4.39 Å². The van der Waals surface area contributed by atoms with E-state index in [9.17, 15) is 9.18 Å². The van der Waals surface area contributed by atoms with E-state index in [0.717, 1.165) is 22.3 Å². The Labute approximate surface area is 165 Å². The van der Waals surface area contributed by atoms with Crippen molar-refractivity contribution >= 4 is 33.8 Å². The van der Waals surface area contributed by atoms with Crippen molar-refractivity contribution in [1.82, 2.24) is 29.1 Å². The smallest absolute Gasteiger partial charge is 0.324 e. The van der Waals surface area contributed by atoms with Gasteiger partial charge in [-0.1, -0.05) is 6.58 Å². The van der Waals surface area contributed by atoms with E-state index in [0.29, 0.717) is 17.1 Å². The number of rotatable bonds is 5. The van der Waals surface area contributed by atoms with Crippen LogP contribution in [0.5, 0.6) is 0 Å². The fraction of sp³-hybridized carbons (Fsp3) is 0.250. The average molecular weight is 393 g/mol. The summed E-state index contributed by atoms with van der Waals surface area (Å²) in [4.78, 5) is 30.1. The molecule has 3 heterocycles. The Hall–Kier alpha value is -3.62. The number of imidazole rings is 1. The zero-order chi connectivity index (χ0) is 20.7. The number of nitrogens with zero attached hydrogens (tertiary/aromatic N) is 6. The van der Waals surface area contributed by atoms with Gasteiger partial charge in [0, 0.05) is 37.6 Å². The molecule has 0 aliphatic heterocycles. The SMILES string of the molecule is C=C(F)CC(C)n1c(=O)n(C)c2cnc(Nc3cc4nccnc4cc3C)nc21. The summed E-state index contributed by atoms with van der Waals surface area (Å²) in [5, 5.41) is 3.19. The predicted molar refractivity (Wildman–Crippen MR) is 110 cm³/mol. The van der Waals surface area contributed by atoms with E-state index in [-0.39, 0.29) is 12.1 Å². The number of aryl methyl sites for hydroxylation is 2. The first-order valence-corrected chi connectivity index (χ1v) is 9.10. The Balaban J connectivity index is 1.79. The molecule has 148 valence electrons. The summed E-state index contributed by atoms with van der Waals surface area (Å²) in [7, 11) is 1.64. The topological polar surface area (TPSA) is 90.5 Å². The summed E-state index contributed by atoms with van der Waals surface area (Å²) >= 11 is 0. The molecule has 0 saturated carbocycles. The lowest BCUT2D eigenvalue weighted by atomic mass is 10.1. The predicted octanol–water partition coefficient (Wildman–Crippen LogP) is 3.56. The molecule has 0 spiro atoms. The summed E-state index contributed by atoms with van der Waals surface area (Å²) in [6, 6.07) is 3.37. The Kier molecular flexibility index (Phi) is 4.57. The number of aromatic nitrogens is 6. The number of nitrogens with one attached hydrogen (secondary N) is 1. The Morgan fingerprint density at radius 2 is 1.93 bits per heavy atom. The number of fused-ring (bicyclic) bond motifs is 2. The van der Waals surface area contributed by atoms with Gasteiger partial charge >= 0.3 is 5.69 Å². The lowest BCUT2D eigenvalue weighted by molar-refractivity contribution is 0.470. The molecular formula is C20H20FN7O. The lowest BCUT2D eigenvalue weighted by Crippen LogP contribution is -2.25. The van der Waals surface area contributed by atoms with Gasteiger partial charge in [-0.3, -0.25) is 19.1 Å². The molecule has 1 atom stereocenters. The highest BCUT2D eigenvalue weighted by molar-refractivity contribution is 5.82. The minimum atomic E-state index is -0.485. The van der Waals surface area contributed by atoms with Crippen LogP contribution in [0.4, 0.5) is 16.0 Å². The first kappa shape index (κ1) is 18.7. The second-order valence-electron chi connectivity index (χ2n) is 7.02. The van der Waals surface area contributed by atoms with E-state index in [4.69, 9.17) is 0 Å². The van der Waals surface area contributed by atoms with Crippen molar-refractivity contribution in [3.8, 4) is 0 Å². The van der Waals surface area contributed by atoms with Crippen LogP contribution in [0.3, 0.4) is 0 Å². The van der Waals surface area contributed by atoms with E-state index < -0.39 is 11.9 Å². The molecule has 1 unspecified atom stereocenters. The van der Waals surface area contributed by atoms with Gasteiger partial charge in [0.15, 0.2) is 5.65 Å². The van der Waals surface area contributed by atoms with Crippen LogP contribution in [0, 0.1) is 6.92 Å². The van der Waals surface area contributed by atoms with E-state index >= 15 is 0 Å². The maximum atomic E-state index is 13.3. The molecule has 29 heavy (non-hydrogen) atoms. The molecule has 4 aromatic rings. The zero-order valence-corrected chi connectivity index (χ0v) is 16.3. The van der Waals surface area contributed by atoms with Gasteiger partial charge in [0.2, 0.25) is 5.95 Å². The Bertz CT molecular complexity index is 1310. The molecule has 1 N–H and O–H groups in total. The first-order valence-electron chi connectivity index (χ1n) is 9.10. The maximum Gasteiger partial charge on any atom is 0.330 e. The van der Waals surface area contributed by atoms with Crippen LogP contribution in [0.15, 0.2) is 47.9 Å². The molecule has 0 aliphatic rings.